The number of carbonyl (C=O) groups is 1. The predicted octanol–water partition coefficient (Wildman–Crippen LogP) is 5.95. The van der Waals surface area contributed by atoms with Crippen molar-refractivity contribution in [1.29, 1.82) is 0 Å². The molecule has 0 saturated heterocycles. The minimum absolute atomic E-state index is 0.0111. The summed E-state index contributed by atoms with van der Waals surface area (Å²) in [4.78, 5) is 17.1. The molecule has 33 heavy (non-hydrogen) atoms. The number of amides is 1. The van der Waals surface area contributed by atoms with Gasteiger partial charge in [0.2, 0.25) is 0 Å². The van der Waals surface area contributed by atoms with Crippen molar-refractivity contribution in [2.75, 3.05) is 12.4 Å². The number of hydrogen-bond acceptors (Lipinski definition) is 4. The number of aromatic nitrogens is 3. The Kier molecular flexibility index (Phi) is 5.75. The lowest BCUT2D eigenvalue weighted by Gasteiger charge is -2.11. The average molecular weight is 475 g/mol. The molecule has 0 spiro atoms. The van der Waals surface area contributed by atoms with E-state index in [2.05, 4.69) is 15.4 Å². The fourth-order valence-electron chi connectivity index (χ4n) is 3.32. The molecule has 4 rings (SSSR count). The van der Waals surface area contributed by atoms with Crippen molar-refractivity contribution in [3.63, 3.8) is 0 Å². The van der Waals surface area contributed by atoms with Crippen LogP contribution in [0.2, 0.25) is 5.02 Å². The molecule has 4 aromatic rings. The van der Waals surface area contributed by atoms with Gasteiger partial charge in [-0.25, -0.2) is 9.50 Å². The van der Waals surface area contributed by atoms with Crippen molar-refractivity contribution in [3.8, 4) is 17.0 Å². The zero-order valence-electron chi connectivity index (χ0n) is 17.8. The number of nitrogens with zero attached hydrogens (tertiary/aromatic N) is 3. The van der Waals surface area contributed by atoms with Crippen molar-refractivity contribution in [2.24, 2.45) is 0 Å². The maximum atomic E-state index is 13.9. The molecule has 0 saturated carbocycles. The van der Waals surface area contributed by atoms with E-state index in [-0.39, 0.29) is 22.1 Å². The molecule has 0 aliphatic rings. The molecule has 2 heterocycles. The van der Waals surface area contributed by atoms with E-state index in [1.165, 1.54) is 7.11 Å². The molecule has 10 heteroatoms. The quantitative estimate of drug-likeness (QED) is 0.397. The van der Waals surface area contributed by atoms with Crippen LogP contribution in [0.4, 0.5) is 18.9 Å². The lowest BCUT2D eigenvalue weighted by atomic mass is 10.1. The smallest absolute Gasteiger partial charge is 0.433 e. The summed E-state index contributed by atoms with van der Waals surface area (Å²) in [5, 5.41) is 6.24. The molecule has 2 aromatic carbocycles. The number of methoxy groups -OCH3 is 1. The van der Waals surface area contributed by atoms with Crippen molar-refractivity contribution < 1.29 is 22.7 Å². The number of ether oxygens (including phenoxy) is 1. The summed E-state index contributed by atoms with van der Waals surface area (Å²) in [5.41, 5.74) is 0.836. The molecule has 2 aromatic heterocycles. The molecule has 1 amide bonds. The number of anilines is 1. The number of rotatable bonds is 4. The van der Waals surface area contributed by atoms with Crippen LogP contribution in [0.25, 0.3) is 16.9 Å². The van der Waals surface area contributed by atoms with Gasteiger partial charge >= 0.3 is 6.18 Å². The second-order valence-corrected chi connectivity index (χ2v) is 7.80. The summed E-state index contributed by atoms with van der Waals surface area (Å²) >= 11 is 6.33. The lowest BCUT2D eigenvalue weighted by molar-refractivity contribution is -0.142. The first kappa shape index (κ1) is 22.6. The van der Waals surface area contributed by atoms with E-state index in [0.29, 0.717) is 21.5 Å². The highest BCUT2D eigenvalue weighted by molar-refractivity contribution is 6.37. The monoisotopic (exact) mass is 474 g/mol. The van der Waals surface area contributed by atoms with Crippen molar-refractivity contribution >= 4 is 28.8 Å². The summed E-state index contributed by atoms with van der Waals surface area (Å²) in [6.07, 6.45) is -4.77. The third-order valence-electron chi connectivity index (χ3n) is 5.05. The lowest BCUT2D eigenvalue weighted by Crippen LogP contribution is -2.16. The number of benzene rings is 2. The third-order valence-corrected chi connectivity index (χ3v) is 5.39. The number of fused-ring (bicyclic) bond motifs is 1. The van der Waals surface area contributed by atoms with E-state index in [1.807, 2.05) is 19.1 Å². The molecule has 0 unspecified atom stereocenters. The highest BCUT2D eigenvalue weighted by Crippen LogP contribution is 2.35. The number of aryl methyl sites for hydroxylation is 2. The van der Waals surface area contributed by atoms with Crippen LogP contribution in [0.15, 0.2) is 48.5 Å². The van der Waals surface area contributed by atoms with E-state index in [1.54, 1.807) is 37.3 Å². The van der Waals surface area contributed by atoms with Gasteiger partial charge in [0.15, 0.2) is 17.0 Å². The van der Waals surface area contributed by atoms with E-state index in [4.69, 9.17) is 16.3 Å². The number of carbonyl (C=O) groups excluding carboxylic acids is 1. The number of halogens is 4. The molecule has 170 valence electrons. The Morgan fingerprint density at radius 2 is 1.88 bits per heavy atom. The first-order valence-electron chi connectivity index (χ1n) is 9.78. The van der Waals surface area contributed by atoms with Gasteiger partial charge in [-0.3, -0.25) is 4.79 Å². The van der Waals surface area contributed by atoms with Gasteiger partial charge in [0.05, 0.1) is 12.8 Å². The summed E-state index contributed by atoms with van der Waals surface area (Å²) in [7, 11) is 1.45. The Morgan fingerprint density at radius 3 is 2.58 bits per heavy atom. The molecular weight excluding hydrogens is 457 g/mol. The Balaban J connectivity index is 1.86. The predicted molar refractivity (Wildman–Crippen MR) is 119 cm³/mol. The molecule has 0 aliphatic heterocycles. The highest BCUT2D eigenvalue weighted by Gasteiger charge is 2.36. The van der Waals surface area contributed by atoms with Crippen LogP contribution in [0.1, 0.15) is 27.3 Å². The van der Waals surface area contributed by atoms with Gasteiger partial charge in [-0.1, -0.05) is 35.9 Å². The summed E-state index contributed by atoms with van der Waals surface area (Å²) in [5.74, 6) is -0.286. The van der Waals surface area contributed by atoms with Gasteiger partial charge in [-0.15, -0.1) is 0 Å². The highest BCUT2D eigenvalue weighted by atomic mass is 35.5. The minimum atomic E-state index is -4.77. The van der Waals surface area contributed by atoms with Crippen LogP contribution in [0, 0.1) is 13.8 Å². The Morgan fingerprint density at radius 1 is 1.12 bits per heavy atom. The average Bonchev–Trinajstić information content (AvgIpc) is 3.11. The Hall–Kier alpha value is -3.59. The molecule has 0 radical (unpaired) electrons. The fraction of sp³-hybridized carbons (Fsp3) is 0.174. The molecule has 0 fully saturated rings. The van der Waals surface area contributed by atoms with Gasteiger partial charge in [0, 0.05) is 11.3 Å². The van der Waals surface area contributed by atoms with Crippen LogP contribution in [0.5, 0.6) is 5.75 Å². The van der Waals surface area contributed by atoms with Gasteiger partial charge < -0.3 is 10.1 Å². The summed E-state index contributed by atoms with van der Waals surface area (Å²) < 4.78 is 47.4. The third kappa shape index (κ3) is 4.36. The van der Waals surface area contributed by atoms with Crippen LogP contribution in [-0.4, -0.2) is 27.6 Å². The number of hydrogen-bond donors (Lipinski definition) is 1. The van der Waals surface area contributed by atoms with Gasteiger partial charge in [-0.05, 0) is 49.2 Å². The first-order chi connectivity index (χ1) is 15.6. The van der Waals surface area contributed by atoms with Crippen molar-refractivity contribution in [3.05, 3.63) is 76.1 Å². The van der Waals surface area contributed by atoms with Gasteiger partial charge in [0.1, 0.15) is 10.8 Å². The second-order valence-electron chi connectivity index (χ2n) is 7.43. The van der Waals surface area contributed by atoms with Crippen molar-refractivity contribution in [1.82, 2.24) is 14.6 Å². The van der Waals surface area contributed by atoms with Gasteiger partial charge in [-0.2, -0.15) is 18.3 Å². The molecule has 0 atom stereocenters. The number of alkyl halides is 3. The van der Waals surface area contributed by atoms with E-state index in [9.17, 15) is 18.0 Å². The Labute approximate surface area is 192 Å². The van der Waals surface area contributed by atoms with Crippen molar-refractivity contribution in [2.45, 2.75) is 20.0 Å². The fourth-order valence-corrected chi connectivity index (χ4v) is 3.57. The van der Waals surface area contributed by atoms with Crippen LogP contribution < -0.4 is 10.1 Å². The number of nitrogens with one attached hydrogen (secondary N) is 1. The standard InChI is InChI=1S/C23H18ClF3N4O2/c1-12-7-8-13(2)16(9-12)29-22(32)20-19(24)21-28-17(14-5-4-6-15(10-14)33-3)11-18(23(25,26)27)31(21)30-20/h4-11H,1-3H3,(H,29,32). The molecule has 0 bridgehead atoms. The zero-order valence-corrected chi connectivity index (χ0v) is 18.5. The topological polar surface area (TPSA) is 68.5 Å². The minimum Gasteiger partial charge on any atom is -0.497 e. The zero-order chi connectivity index (χ0) is 23.9. The molecule has 0 aliphatic carbocycles. The maximum Gasteiger partial charge on any atom is 0.433 e. The summed E-state index contributed by atoms with van der Waals surface area (Å²) in [6, 6.07) is 12.7. The largest absolute Gasteiger partial charge is 0.497 e. The van der Waals surface area contributed by atoms with E-state index in [0.717, 1.165) is 17.2 Å². The normalized spacial score (nSPS) is 11.6. The Bertz CT molecular complexity index is 1380. The van der Waals surface area contributed by atoms with Crippen LogP contribution in [-0.2, 0) is 6.18 Å². The molecule has 6 nitrogen and oxygen atoms in total. The van der Waals surface area contributed by atoms with Gasteiger partial charge in [0.25, 0.3) is 5.91 Å². The maximum absolute atomic E-state index is 13.9. The molecular formula is C23H18ClF3N4O2. The van der Waals surface area contributed by atoms with E-state index < -0.39 is 17.8 Å². The second kappa shape index (κ2) is 8.40. The van der Waals surface area contributed by atoms with E-state index >= 15 is 0 Å². The molecule has 1 N–H and O–H groups in total. The van der Waals surface area contributed by atoms with Crippen LogP contribution >= 0.6 is 11.6 Å². The SMILES string of the molecule is COc1cccc(-c2cc(C(F)(F)F)n3nc(C(=O)Nc4cc(C)ccc4C)c(Cl)c3n2)c1. The summed E-state index contributed by atoms with van der Waals surface area (Å²) in [6.45, 7) is 3.65. The first-order valence-corrected chi connectivity index (χ1v) is 10.2. The van der Waals surface area contributed by atoms with Crippen LogP contribution in [0.3, 0.4) is 0 Å².